The molecule has 0 saturated heterocycles. The van der Waals surface area contributed by atoms with Crippen LogP contribution in [-0.4, -0.2) is 73.4 Å². The van der Waals surface area contributed by atoms with Crippen LogP contribution >= 0.6 is 0 Å². The second-order valence-electron chi connectivity index (χ2n) is 10.2. The van der Waals surface area contributed by atoms with Crippen LogP contribution in [0.4, 0.5) is 15.3 Å². The molecular weight excluding hydrogens is 526 g/mol. The molecule has 0 saturated carbocycles. The summed E-state index contributed by atoms with van der Waals surface area (Å²) in [6.45, 7) is 9.14. The number of nitriles is 1. The molecule has 0 heterocycles. The maximum atomic E-state index is 12.7. The Bertz CT molecular complexity index is 1190. The van der Waals surface area contributed by atoms with Crippen molar-refractivity contribution in [2.75, 3.05) is 25.5 Å². The summed E-state index contributed by atoms with van der Waals surface area (Å²) in [6, 6.07) is 4.71. The van der Waals surface area contributed by atoms with Gasteiger partial charge in [0, 0.05) is 17.8 Å². The molecule has 218 valence electrons. The first kappa shape index (κ1) is 33.3. The molecular formula is C25H35N7O8. The molecule has 0 aliphatic carbocycles. The average Bonchev–Trinajstić information content (AvgIpc) is 2.82. The van der Waals surface area contributed by atoms with Crippen molar-refractivity contribution in [3.8, 4) is 6.07 Å². The van der Waals surface area contributed by atoms with E-state index >= 15 is 0 Å². The minimum absolute atomic E-state index is 0.0329. The van der Waals surface area contributed by atoms with Gasteiger partial charge in [-0.05, 0) is 59.7 Å². The standard InChI is InChI=1S/C25H35N7O8/c1-24(2,3)39-22(36)31-21(32-23(37)40-25(4,5)6)30-16-9-14(11-26)8-15(10-16)19(34)29-13-18(33)28-12-17(27)20(35)38-7/h8-10,17H,12-13,27H2,1-7H3,(H,28,33)(H,29,34)(H2,30,31,32,36,37)/t17-/m0/s1. The molecule has 0 aliphatic heterocycles. The van der Waals surface area contributed by atoms with Gasteiger partial charge in [0.1, 0.15) is 17.2 Å². The topological polar surface area (TPSA) is 223 Å². The Kier molecular flexibility index (Phi) is 12.0. The first-order chi connectivity index (χ1) is 18.4. The lowest BCUT2D eigenvalue weighted by Crippen LogP contribution is -2.45. The number of alkyl carbamates (subject to hydrolysis) is 1. The Morgan fingerprint density at radius 3 is 2.17 bits per heavy atom. The van der Waals surface area contributed by atoms with Gasteiger partial charge < -0.3 is 35.9 Å². The summed E-state index contributed by atoms with van der Waals surface area (Å²) < 4.78 is 14.8. The van der Waals surface area contributed by atoms with Crippen molar-refractivity contribution in [2.45, 2.75) is 58.8 Å². The number of hydrogen-bond donors (Lipinski definition) is 5. The number of guanidine groups is 1. The van der Waals surface area contributed by atoms with Crippen LogP contribution in [0, 0.1) is 11.3 Å². The summed E-state index contributed by atoms with van der Waals surface area (Å²) >= 11 is 0. The Hall–Kier alpha value is -4.71. The van der Waals surface area contributed by atoms with Crippen LogP contribution < -0.4 is 27.0 Å². The summed E-state index contributed by atoms with van der Waals surface area (Å²) in [7, 11) is 1.16. The third-order valence-electron chi connectivity index (χ3n) is 4.24. The van der Waals surface area contributed by atoms with E-state index in [2.05, 4.69) is 31.0 Å². The van der Waals surface area contributed by atoms with Gasteiger partial charge in [-0.3, -0.25) is 19.7 Å². The second-order valence-corrected chi connectivity index (χ2v) is 10.2. The number of carbonyl (C=O) groups is 5. The molecule has 0 unspecified atom stereocenters. The third-order valence-corrected chi connectivity index (χ3v) is 4.24. The normalized spacial score (nSPS) is 12.2. The van der Waals surface area contributed by atoms with E-state index in [9.17, 15) is 29.2 Å². The number of carbonyl (C=O) groups excluding carboxylic acids is 5. The molecule has 6 N–H and O–H groups in total. The van der Waals surface area contributed by atoms with Crippen molar-refractivity contribution in [1.29, 1.82) is 5.26 Å². The monoisotopic (exact) mass is 561 g/mol. The molecule has 0 radical (unpaired) electrons. The molecule has 0 aliphatic rings. The van der Waals surface area contributed by atoms with Gasteiger partial charge in [0.25, 0.3) is 5.91 Å². The predicted octanol–water partition coefficient (Wildman–Crippen LogP) is 1.13. The van der Waals surface area contributed by atoms with E-state index in [1.807, 2.05) is 6.07 Å². The SMILES string of the molecule is COC(=O)[C@@H](N)CNC(=O)CNC(=O)c1cc(C#N)cc(N/C(=N/C(=O)OC(C)(C)C)NC(=O)OC(C)(C)C)c1. The zero-order valence-corrected chi connectivity index (χ0v) is 23.5. The number of ether oxygens (including phenoxy) is 3. The number of amides is 4. The summed E-state index contributed by atoms with van der Waals surface area (Å²) in [4.78, 5) is 64.4. The number of hydrogen-bond acceptors (Lipinski definition) is 10. The van der Waals surface area contributed by atoms with Crippen LogP contribution in [0.2, 0.25) is 0 Å². The number of anilines is 1. The van der Waals surface area contributed by atoms with Crippen LogP contribution in [0.15, 0.2) is 23.2 Å². The smallest absolute Gasteiger partial charge is 0.437 e. The largest absolute Gasteiger partial charge is 0.468 e. The molecule has 1 atom stereocenters. The highest BCUT2D eigenvalue weighted by Crippen LogP contribution is 2.16. The Morgan fingerprint density at radius 2 is 1.62 bits per heavy atom. The Morgan fingerprint density at radius 1 is 1.00 bits per heavy atom. The van der Waals surface area contributed by atoms with E-state index in [1.54, 1.807) is 41.5 Å². The molecule has 0 fully saturated rings. The zero-order valence-electron chi connectivity index (χ0n) is 23.5. The molecule has 40 heavy (non-hydrogen) atoms. The molecule has 4 amide bonds. The number of aliphatic imine (C=N–C) groups is 1. The van der Waals surface area contributed by atoms with Gasteiger partial charge in [-0.2, -0.15) is 5.26 Å². The van der Waals surface area contributed by atoms with Crippen LogP contribution in [0.3, 0.4) is 0 Å². The number of benzene rings is 1. The second kappa shape index (κ2) is 14.4. The molecule has 0 bridgehead atoms. The van der Waals surface area contributed by atoms with Gasteiger partial charge in [0.15, 0.2) is 0 Å². The van der Waals surface area contributed by atoms with E-state index in [0.29, 0.717) is 0 Å². The molecule has 0 aromatic heterocycles. The third kappa shape index (κ3) is 13.2. The van der Waals surface area contributed by atoms with Gasteiger partial charge in [0.05, 0.1) is 25.3 Å². The summed E-state index contributed by atoms with van der Waals surface area (Å²) in [6.07, 6.45) is -1.96. The fraction of sp³-hybridized carbons (Fsp3) is 0.480. The zero-order chi connectivity index (χ0) is 30.7. The number of nitrogens with one attached hydrogen (secondary N) is 4. The molecule has 15 heteroatoms. The van der Waals surface area contributed by atoms with Crippen LogP contribution in [0.5, 0.6) is 0 Å². The van der Waals surface area contributed by atoms with E-state index in [-0.39, 0.29) is 23.4 Å². The van der Waals surface area contributed by atoms with Gasteiger partial charge in [0.2, 0.25) is 11.9 Å². The summed E-state index contributed by atoms with van der Waals surface area (Å²) in [5, 5.41) is 19.2. The van der Waals surface area contributed by atoms with Crippen LogP contribution in [0.25, 0.3) is 0 Å². The number of nitrogens with zero attached hydrogens (tertiary/aromatic N) is 2. The predicted molar refractivity (Wildman–Crippen MR) is 143 cm³/mol. The number of rotatable bonds is 7. The van der Waals surface area contributed by atoms with Gasteiger partial charge >= 0.3 is 18.2 Å². The molecule has 0 spiro atoms. The van der Waals surface area contributed by atoms with Crippen molar-refractivity contribution < 1.29 is 38.2 Å². The summed E-state index contributed by atoms with van der Waals surface area (Å²) in [5.74, 6) is -2.46. The minimum Gasteiger partial charge on any atom is -0.468 e. The fourth-order valence-corrected chi connectivity index (χ4v) is 2.68. The van der Waals surface area contributed by atoms with Gasteiger partial charge in [-0.15, -0.1) is 4.99 Å². The van der Waals surface area contributed by atoms with Crippen molar-refractivity contribution in [3.05, 3.63) is 29.3 Å². The van der Waals surface area contributed by atoms with Gasteiger partial charge in [-0.1, -0.05) is 0 Å². The van der Waals surface area contributed by atoms with Gasteiger partial charge in [-0.25, -0.2) is 9.59 Å². The number of esters is 1. The quantitative estimate of drug-likeness (QED) is 0.137. The molecule has 1 aromatic rings. The maximum Gasteiger partial charge on any atom is 0.437 e. The van der Waals surface area contributed by atoms with Crippen LogP contribution in [-0.2, 0) is 23.8 Å². The van der Waals surface area contributed by atoms with E-state index in [0.717, 1.165) is 7.11 Å². The lowest BCUT2D eigenvalue weighted by molar-refractivity contribution is -0.142. The number of methoxy groups -OCH3 is 1. The maximum absolute atomic E-state index is 12.7. The first-order valence-electron chi connectivity index (χ1n) is 11.9. The highest BCUT2D eigenvalue weighted by molar-refractivity contribution is 6.07. The Labute approximate surface area is 231 Å². The van der Waals surface area contributed by atoms with Crippen molar-refractivity contribution in [3.63, 3.8) is 0 Å². The first-order valence-corrected chi connectivity index (χ1v) is 11.9. The Balaban J connectivity index is 3.10. The van der Waals surface area contributed by atoms with E-state index in [1.165, 1.54) is 18.2 Å². The lowest BCUT2D eigenvalue weighted by Gasteiger charge is -2.21. The van der Waals surface area contributed by atoms with E-state index in [4.69, 9.17) is 15.2 Å². The highest BCUT2D eigenvalue weighted by Gasteiger charge is 2.21. The van der Waals surface area contributed by atoms with Crippen LogP contribution in [0.1, 0.15) is 57.5 Å². The average molecular weight is 562 g/mol. The lowest BCUT2D eigenvalue weighted by atomic mass is 10.1. The summed E-state index contributed by atoms with van der Waals surface area (Å²) in [5.41, 5.74) is 3.91. The van der Waals surface area contributed by atoms with Crippen molar-refractivity contribution in [1.82, 2.24) is 16.0 Å². The minimum atomic E-state index is -1.07. The molecule has 1 aromatic carbocycles. The highest BCUT2D eigenvalue weighted by atomic mass is 16.6. The molecule has 15 nitrogen and oxygen atoms in total. The van der Waals surface area contributed by atoms with Crippen molar-refractivity contribution in [2.24, 2.45) is 10.7 Å². The van der Waals surface area contributed by atoms with Crippen molar-refractivity contribution >= 4 is 41.6 Å². The number of nitrogens with two attached hydrogens (primary N) is 1. The fourth-order valence-electron chi connectivity index (χ4n) is 2.68. The molecule has 1 rings (SSSR count). The van der Waals surface area contributed by atoms with E-state index < -0.39 is 59.7 Å².